The molecule has 0 heterocycles. The number of nitrogens with zero attached hydrogens (tertiary/aromatic N) is 4. The molecule has 2 N–H and O–H groups in total. The quantitative estimate of drug-likeness (QED) is 0.216. The molecule has 0 radical (unpaired) electrons. The fraction of sp³-hybridized carbons (Fsp3) is 0.484. The van der Waals surface area contributed by atoms with Gasteiger partial charge in [-0.25, -0.2) is 15.7 Å². The van der Waals surface area contributed by atoms with Crippen molar-refractivity contribution in [3.63, 3.8) is 0 Å². The van der Waals surface area contributed by atoms with Gasteiger partial charge in [0.25, 0.3) is 10.6 Å². The van der Waals surface area contributed by atoms with Gasteiger partial charge in [0.2, 0.25) is 11.8 Å². The summed E-state index contributed by atoms with van der Waals surface area (Å²) >= 11 is 0. The summed E-state index contributed by atoms with van der Waals surface area (Å²) in [5, 5.41) is 19.7. The largest absolute Gasteiger partial charge is 0.320 e. The number of hydrazone groups is 2. The molecule has 12 nitrogen and oxygen atoms in total. The van der Waals surface area contributed by atoms with Crippen LogP contribution >= 0.6 is 0 Å². The minimum absolute atomic E-state index is 0.0234. The maximum absolute atomic E-state index is 13.6. The van der Waals surface area contributed by atoms with Gasteiger partial charge in [-0.05, 0) is 63.2 Å². The fourth-order valence-electron chi connectivity index (χ4n) is 7.72. The number of hydrogen-bond donors (Lipinski definition) is 2. The molecule has 2 atom stereocenters. The number of nitro benzene ring substituents is 1. The first-order chi connectivity index (χ1) is 20.6. The maximum Gasteiger partial charge on any atom is 0.320 e. The Kier molecular flexibility index (Phi) is 8.38. The van der Waals surface area contributed by atoms with Crippen molar-refractivity contribution >= 4 is 35.6 Å². The summed E-state index contributed by atoms with van der Waals surface area (Å²) in [6.07, 6.45) is 8.37. The summed E-state index contributed by atoms with van der Waals surface area (Å²) in [5.74, 6) is 0.101. The van der Waals surface area contributed by atoms with E-state index in [1.54, 1.807) is 18.2 Å². The molecule has 2 amide bonds. The Labute approximate surface area is 249 Å². The third-order valence-corrected chi connectivity index (χ3v) is 9.32. The van der Waals surface area contributed by atoms with E-state index in [2.05, 4.69) is 21.1 Å². The van der Waals surface area contributed by atoms with Gasteiger partial charge in [0.15, 0.2) is 7.11 Å². The molecule has 4 aliphatic rings. The molecule has 226 valence electrons. The van der Waals surface area contributed by atoms with Crippen molar-refractivity contribution in [3.05, 3.63) is 73.7 Å². The molecule has 4 saturated carbocycles. The summed E-state index contributed by atoms with van der Waals surface area (Å²) in [7, 11) is 1.30. The maximum atomic E-state index is 13.6. The van der Waals surface area contributed by atoms with Crippen LogP contribution in [0.25, 0.3) is 0 Å². The normalized spacial score (nSPS) is 25.7. The van der Waals surface area contributed by atoms with Crippen LogP contribution < -0.4 is 10.9 Å². The van der Waals surface area contributed by atoms with Crippen LogP contribution in [0.2, 0.25) is 0 Å². The standard InChI is InChI=1S/C31H36N6O6/c1-4-24-8-6-20(11-26(24)36(40)41)17-32-34-28(38)30-13-22-10-23(14-30)16-31(15-22,19-30)29(39)35-33-18-21-7-9-25(5-2)27(12-21)37(42)43-3/h6-9,11-12,17-18,22-23H,4-5,10,13-16,19H2,1-3H3,(H-,34,35,38,39)/p+1/b32-17+,33-18+. The summed E-state index contributed by atoms with van der Waals surface area (Å²) in [6.45, 7) is 3.80. The third-order valence-electron chi connectivity index (χ3n) is 9.32. The lowest BCUT2D eigenvalue weighted by atomic mass is 9.43. The highest BCUT2D eigenvalue weighted by Gasteiger charge is 2.63. The summed E-state index contributed by atoms with van der Waals surface area (Å²) in [4.78, 5) is 55.5. The highest BCUT2D eigenvalue weighted by atomic mass is 16.8. The Balaban J connectivity index is 1.27. The van der Waals surface area contributed by atoms with Crippen LogP contribution in [0.1, 0.15) is 74.6 Å². The molecule has 43 heavy (non-hydrogen) atoms. The summed E-state index contributed by atoms with van der Waals surface area (Å²) in [6, 6.07) is 10.2. The zero-order valence-electron chi connectivity index (χ0n) is 24.7. The minimum Gasteiger partial charge on any atom is -0.273 e. The van der Waals surface area contributed by atoms with Gasteiger partial charge in [0, 0.05) is 34.4 Å². The molecule has 12 heteroatoms. The van der Waals surface area contributed by atoms with Crippen molar-refractivity contribution in [3.8, 4) is 0 Å². The Morgan fingerprint density at radius 1 is 0.884 bits per heavy atom. The van der Waals surface area contributed by atoms with E-state index < -0.39 is 15.8 Å². The van der Waals surface area contributed by atoms with Gasteiger partial charge in [-0.2, -0.15) is 10.2 Å². The van der Waals surface area contributed by atoms with Crippen molar-refractivity contribution in [1.82, 2.24) is 10.9 Å². The lowest BCUT2D eigenvalue weighted by molar-refractivity contribution is -0.737. The van der Waals surface area contributed by atoms with E-state index in [1.165, 1.54) is 25.6 Å². The zero-order chi connectivity index (χ0) is 30.8. The first-order valence-corrected chi connectivity index (χ1v) is 14.7. The molecular formula is C31H37N6O6+. The molecular weight excluding hydrogens is 552 g/mol. The second-order valence-electron chi connectivity index (χ2n) is 12.1. The average molecular weight is 590 g/mol. The zero-order valence-corrected chi connectivity index (χ0v) is 24.7. The molecule has 2 aromatic rings. The van der Waals surface area contributed by atoms with Crippen LogP contribution in [0.15, 0.2) is 46.6 Å². The number of aryl methyl sites for hydroxylation is 2. The van der Waals surface area contributed by atoms with Crippen molar-refractivity contribution in [2.24, 2.45) is 32.9 Å². The Morgan fingerprint density at radius 3 is 1.79 bits per heavy atom. The predicted octanol–water partition coefficient (Wildman–Crippen LogP) is 4.88. The van der Waals surface area contributed by atoms with E-state index >= 15 is 0 Å². The van der Waals surface area contributed by atoms with Crippen LogP contribution in [-0.2, 0) is 27.3 Å². The molecule has 4 aliphatic carbocycles. The second-order valence-corrected chi connectivity index (χ2v) is 12.1. The molecule has 0 saturated heterocycles. The molecule has 0 aromatic heterocycles. The molecule has 4 bridgehead atoms. The average Bonchev–Trinajstić information content (AvgIpc) is 2.99. The lowest BCUT2D eigenvalue weighted by Crippen LogP contribution is -2.60. The van der Waals surface area contributed by atoms with Crippen molar-refractivity contribution in [1.29, 1.82) is 0 Å². The molecule has 0 spiro atoms. The predicted molar refractivity (Wildman–Crippen MR) is 160 cm³/mol. The van der Waals surface area contributed by atoms with E-state index in [-0.39, 0.29) is 29.3 Å². The lowest BCUT2D eigenvalue weighted by Gasteiger charge is -2.60. The van der Waals surface area contributed by atoms with Crippen LogP contribution in [-0.4, -0.2) is 41.2 Å². The van der Waals surface area contributed by atoms with Gasteiger partial charge in [-0.3, -0.25) is 19.7 Å². The molecule has 6 rings (SSSR count). The van der Waals surface area contributed by atoms with Crippen molar-refractivity contribution in [2.75, 3.05) is 7.11 Å². The fourth-order valence-corrected chi connectivity index (χ4v) is 7.72. The number of nitro groups is 1. The number of benzene rings is 2. The van der Waals surface area contributed by atoms with Crippen LogP contribution in [0.3, 0.4) is 0 Å². The van der Waals surface area contributed by atoms with Crippen LogP contribution in [0.4, 0.5) is 11.4 Å². The number of amides is 2. The van der Waals surface area contributed by atoms with Crippen molar-refractivity contribution in [2.45, 2.75) is 65.2 Å². The van der Waals surface area contributed by atoms with Crippen molar-refractivity contribution < 1.29 is 24.3 Å². The molecule has 2 aromatic carbocycles. The molecule has 0 aliphatic heterocycles. The van der Waals surface area contributed by atoms with Gasteiger partial charge in [-0.1, -0.05) is 38.1 Å². The van der Waals surface area contributed by atoms with E-state index in [9.17, 15) is 24.6 Å². The number of nitrogens with one attached hydrogen (secondary N) is 2. The Hall–Kier alpha value is -4.48. The number of rotatable bonds is 11. The highest BCUT2D eigenvalue weighted by Crippen LogP contribution is 2.65. The van der Waals surface area contributed by atoms with E-state index in [4.69, 9.17) is 4.84 Å². The Bertz CT molecular complexity index is 1500. The number of carbonyl (C=O) groups is 2. The first kappa shape index (κ1) is 30.0. The number of hydrogen-bond acceptors (Lipinski definition) is 8. The van der Waals surface area contributed by atoms with Gasteiger partial charge < -0.3 is 0 Å². The Morgan fingerprint density at radius 2 is 1.35 bits per heavy atom. The van der Waals surface area contributed by atoms with Crippen LogP contribution in [0, 0.1) is 37.7 Å². The summed E-state index contributed by atoms with van der Waals surface area (Å²) in [5.41, 5.74) is 7.01. The smallest absolute Gasteiger partial charge is 0.273 e. The van der Waals surface area contributed by atoms with Gasteiger partial charge in [0.1, 0.15) is 0 Å². The van der Waals surface area contributed by atoms with Gasteiger partial charge in [-0.15, -0.1) is 0 Å². The van der Waals surface area contributed by atoms with E-state index in [1.807, 2.05) is 26.0 Å². The molecule has 4 fully saturated rings. The third kappa shape index (κ3) is 5.91. The van der Waals surface area contributed by atoms with E-state index in [0.29, 0.717) is 72.2 Å². The van der Waals surface area contributed by atoms with Crippen LogP contribution in [0.5, 0.6) is 0 Å². The van der Waals surface area contributed by atoms with Gasteiger partial charge >= 0.3 is 5.69 Å². The SMILES string of the molecule is CCc1ccc(/C=N/NC(=O)C23CC4CC(C2)CC(C(=O)N/N=C/c2ccc(CC)c([N+](=O)OC)c2)(C4)C3)cc1[N+](=O)[O-]. The monoisotopic (exact) mass is 589 g/mol. The second kappa shape index (κ2) is 12.0. The van der Waals surface area contributed by atoms with Gasteiger partial charge in [0.05, 0.1) is 33.1 Å². The molecule has 2 unspecified atom stereocenters. The summed E-state index contributed by atoms with van der Waals surface area (Å²) < 4.78 is 0. The number of carbonyl (C=O) groups excluding carboxylic acids is 2. The highest BCUT2D eigenvalue weighted by molar-refractivity contribution is 5.90. The van der Waals surface area contributed by atoms with E-state index in [0.717, 1.165) is 12.0 Å². The minimum atomic E-state index is -0.705. The first-order valence-electron chi connectivity index (χ1n) is 14.7. The topological polar surface area (TPSA) is 155 Å².